The van der Waals surface area contributed by atoms with Gasteiger partial charge in [-0.15, -0.1) is 0 Å². The van der Waals surface area contributed by atoms with Crippen molar-refractivity contribution in [3.8, 4) is 11.8 Å². The van der Waals surface area contributed by atoms with Gasteiger partial charge in [0.2, 0.25) is 0 Å². The molecule has 0 spiro atoms. The fourth-order valence-electron chi connectivity index (χ4n) is 1.84. The van der Waals surface area contributed by atoms with Crippen molar-refractivity contribution in [2.75, 3.05) is 0 Å². The second-order valence-electron chi connectivity index (χ2n) is 4.57. The lowest BCUT2D eigenvalue weighted by Gasteiger charge is -2.11. The average Bonchev–Trinajstić information content (AvgIpc) is 2.46. The lowest BCUT2D eigenvalue weighted by atomic mass is 10.1. The molecule has 0 unspecified atom stereocenters. The Morgan fingerprint density at radius 3 is 2.62 bits per heavy atom. The third-order valence-electron chi connectivity index (χ3n) is 3.01. The highest BCUT2D eigenvalue weighted by Gasteiger charge is 2.10. The second kappa shape index (κ2) is 6.33. The largest absolute Gasteiger partial charge is 0.486 e. The summed E-state index contributed by atoms with van der Waals surface area (Å²) in [4.78, 5) is 0. The number of aliphatic hydroxyl groups excluding tert-OH is 1. The number of benzene rings is 2. The van der Waals surface area contributed by atoms with Crippen LogP contribution in [0.1, 0.15) is 29.7 Å². The molecule has 0 heterocycles. The van der Waals surface area contributed by atoms with E-state index < -0.39 is 17.7 Å². The first kappa shape index (κ1) is 14.9. The van der Waals surface area contributed by atoms with Gasteiger partial charge in [-0.05, 0) is 42.8 Å². The Bertz CT molecular complexity index is 693. The maximum absolute atomic E-state index is 13.8. The van der Waals surface area contributed by atoms with Gasteiger partial charge in [0.15, 0.2) is 11.6 Å². The predicted octanol–water partition coefficient (Wildman–Crippen LogP) is 3.47. The van der Waals surface area contributed by atoms with Gasteiger partial charge in [0.1, 0.15) is 12.4 Å². The zero-order valence-electron chi connectivity index (χ0n) is 11.3. The van der Waals surface area contributed by atoms with Crippen molar-refractivity contribution in [2.45, 2.75) is 19.6 Å². The molecule has 0 radical (unpaired) electrons. The first-order valence-corrected chi connectivity index (χ1v) is 6.30. The summed E-state index contributed by atoms with van der Waals surface area (Å²) < 4.78 is 32.2. The number of nitrogens with zero attached hydrogens (tertiary/aromatic N) is 1. The van der Waals surface area contributed by atoms with E-state index in [1.54, 1.807) is 6.07 Å². The van der Waals surface area contributed by atoms with Crippen LogP contribution in [-0.2, 0) is 6.61 Å². The van der Waals surface area contributed by atoms with E-state index in [4.69, 9.17) is 10.00 Å². The van der Waals surface area contributed by atoms with Gasteiger partial charge in [0.25, 0.3) is 0 Å². The molecule has 1 N–H and O–H groups in total. The second-order valence-corrected chi connectivity index (χ2v) is 4.57. The molecule has 5 heteroatoms. The Hall–Kier alpha value is -2.45. The summed E-state index contributed by atoms with van der Waals surface area (Å²) >= 11 is 0. The molecule has 0 amide bonds. The molecule has 0 aliphatic rings. The lowest BCUT2D eigenvalue weighted by molar-refractivity contribution is 0.198. The Balaban J connectivity index is 2.17. The Kier molecular flexibility index (Phi) is 4.51. The minimum Gasteiger partial charge on any atom is -0.486 e. The van der Waals surface area contributed by atoms with E-state index in [1.807, 2.05) is 6.07 Å². The van der Waals surface area contributed by atoms with Crippen molar-refractivity contribution < 1.29 is 18.6 Å². The van der Waals surface area contributed by atoms with Gasteiger partial charge in [-0.2, -0.15) is 5.26 Å². The Labute approximate surface area is 121 Å². The number of hydrogen-bond acceptors (Lipinski definition) is 3. The van der Waals surface area contributed by atoms with Gasteiger partial charge < -0.3 is 9.84 Å². The maximum Gasteiger partial charge on any atom is 0.165 e. The van der Waals surface area contributed by atoms with Crippen LogP contribution in [0.15, 0.2) is 36.4 Å². The summed E-state index contributed by atoms with van der Waals surface area (Å²) in [5.74, 6) is -1.13. The van der Waals surface area contributed by atoms with Crippen LogP contribution in [-0.4, -0.2) is 5.11 Å². The number of halogens is 2. The number of ether oxygens (including phenoxy) is 1. The van der Waals surface area contributed by atoms with Crippen LogP contribution in [0.3, 0.4) is 0 Å². The SMILES string of the molecule is C[C@H](O)c1ccc(OCc2cc(F)ccc2C#N)c(F)c1. The van der Waals surface area contributed by atoms with Gasteiger partial charge in [-0.1, -0.05) is 6.07 Å². The van der Waals surface area contributed by atoms with E-state index >= 15 is 0 Å². The van der Waals surface area contributed by atoms with Gasteiger partial charge in [0.05, 0.1) is 17.7 Å². The molecule has 0 bridgehead atoms. The van der Waals surface area contributed by atoms with Crippen molar-refractivity contribution in [1.29, 1.82) is 5.26 Å². The molecule has 0 saturated carbocycles. The summed E-state index contributed by atoms with van der Waals surface area (Å²) in [6.07, 6.45) is -0.776. The first-order valence-electron chi connectivity index (χ1n) is 6.30. The molecule has 2 aromatic carbocycles. The van der Waals surface area contributed by atoms with E-state index in [-0.39, 0.29) is 17.9 Å². The van der Waals surface area contributed by atoms with Crippen LogP contribution < -0.4 is 4.74 Å². The molecule has 0 aliphatic heterocycles. The lowest BCUT2D eigenvalue weighted by Crippen LogP contribution is -2.01. The first-order chi connectivity index (χ1) is 10.0. The Morgan fingerprint density at radius 1 is 1.24 bits per heavy atom. The summed E-state index contributed by atoms with van der Waals surface area (Å²) in [5, 5.41) is 18.3. The molecular weight excluding hydrogens is 276 g/mol. The Morgan fingerprint density at radius 2 is 2.00 bits per heavy atom. The van der Waals surface area contributed by atoms with E-state index in [0.717, 1.165) is 0 Å². The monoisotopic (exact) mass is 289 g/mol. The van der Waals surface area contributed by atoms with Crippen molar-refractivity contribution in [1.82, 2.24) is 0 Å². The van der Waals surface area contributed by atoms with Crippen LogP contribution >= 0.6 is 0 Å². The van der Waals surface area contributed by atoms with Gasteiger partial charge in [-0.3, -0.25) is 0 Å². The standard InChI is InChI=1S/C16H13F2NO2/c1-10(20)11-3-5-16(15(18)7-11)21-9-13-6-14(17)4-2-12(13)8-19/h2-7,10,20H,9H2,1H3/t10-/m0/s1. The van der Waals surface area contributed by atoms with Gasteiger partial charge >= 0.3 is 0 Å². The van der Waals surface area contributed by atoms with Gasteiger partial charge in [-0.25, -0.2) is 8.78 Å². The number of hydrogen-bond donors (Lipinski definition) is 1. The fourth-order valence-corrected chi connectivity index (χ4v) is 1.84. The summed E-state index contributed by atoms with van der Waals surface area (Å²) in [6, 6.07) is 9.74. The molecule has 21 heavy (non-hydrogen) atoms. The van der Waals surface area contributed by atoms with Crippen molar-refractivity contribution in [3.05, 3.63) is 64.7 Å². The molecule has 3 nitrogen and oxygen atoms in total. The summed E-state index contributed by atoms with van der Waals surface area (Å²) in [7, 11) is 0. The maximum atomic E-state index is 13.8. The highest BCUT2D eigenvalue weighted by atomic mass is 19.1. The zero-order chi connectivity index (χ0) is 15.4. The smallest absolute Gasteiger partial charge is 0.165 e. The molecule has 108 valence electrons. The molecule has 0 fully saturated rings. The zero-order valence-corrected chi connectivity index (χ0v) is 11.3. The summed E-state index contributed by atoms with van der Waals surface area (Å²) in [5.41, 5.74) is 1.05. The van der Waals surface area contributed by atoms with Crippen LogP contribution in [0.2, 0.25) is 0 Å². The molecular formula is C16H13F2NO2. The fraction of sp³-hybridized carbons (Fsp3) is 0.188. The van der Waals surface area contributed by atoms with Crippen molar-refractivity contribution in [3.63, 3.8) is 0 Å². The molecule has 1 atom stereocenters. The van der Waals surface area contributed by atoms with Crippen molar-refractivity contribution in [2.24, 2.45) is 0 Å². The average molecular weight is 289 g/mol. The van der Waals surface area contributed by atoms with Crippen LogP contribution in [0.5, 0.6) is 5.75 Å². The van der Waals surface area contributed by atoms with Crippen LogP contribution in [0, 0.1) is 23.0 Å². The van der Waals surface area contributed by atoms with E-state index in [1.165, 1.54) is 37.3 Å². The van der Waals surface area contributed by atoms with Crippen molar-refractivity contribution >= 4 is 0 Å². The minimum atomic E-state index is -0.776. The third kappa shape index (κ3) is 3.56. The highest BCUT2D eigenvalue weighted by Crippen LogP contribution is 2.23. The minimum absolute atomic E-state index is 0.0208. The molecule has 0 aliphatic carbocycles. The number of rotatable bonds is 4. The molecule has 2 rings (SSSR count). The van der Waals surface area contributed by atoms with Gasteiger partial charge in [0, 0.05) is 5.56 Å². The number of nitriles is 1. The molecule has 0 saturated heterocycles. The third-order valence-corrected chi connectivity index (χ3v) is 3.01. The quantitative estimate of drug-likeness (QED) is 0.937. The van der Waals surface area contributed by atoms with Crippen LogP contribution in [0.4, 0.5) is 8.78 Å². The number of aliphatic hydroxyl groups is 1. The highest BCUT2D eigenvalue weighted by molar-refractivity contribution is 5.38. The summed E-state index contributed by atoms with van der Waals surface area (Å²) in [6.45, 7) is 1.41. The molecule has 2 aromatic rings. The molecule has 0 aromatic heterocycles. The van der Waals surface area contributed by atoms with E-state index in [0.29, 0.717) is 11.1 Å². The topological polar surface area (TPSA) is 53.2 Å². The normalized spacial score (nSPS) is 11.8. The predicted molar refractivity (Wildman–Crippen MR) is 72.5 cm³/mol. The van der Waals surface area contributed by atoms with Crippen LogP contribution in [0.25, 0.3) is 0 Å². The van der Waals surface area contributed by atoms with E-state index in [2.05, 4.69) is 0 Å². The van der Waals surface area contributed by atoms with E-state index in [9.17, 15) is 13.9 Å².